The molecule has 0 unspecified atom stereocenters. The predicted octanol–water partition coefficient (Wildman–Crippen LogP) is 3.14. The first-order chi connectivity index (χ1) is 10.7. The number of nitrogens with zero attached hydrogens (tertiary/aromatic N) is 4. The van der Waals surface area contributed by atoms with Gasteiger partial charge in [0.1, 0.15) is 16.6 Å². The molecular formula is C15H16N4O2S. The molecule has 2 aromatic heterocycles. The third-order valence-corrected chi connectivity index (χ3v) is 3.90. The highest BCUT2D eigenvalue weighted by atomic mass is 32.1. The summed E-state index contributed by atoms with van der Waals surface area (Å²) >= 11 is 1.16. The van der Waals surface area contributed by atoms with Gasteiger partial charge < -0.3 is 4.74 Å². The van der Waals surface area contributed by atoms with Gasteiger partial charge in [-0.15, -0.1) is 0 Å². The largest absolute Gasteiger partial charge is 0.462 e. The minimum atomic E-state index is -0.333. The van der Waals surface area contributed by atoms with Crippen LogP contribution in [0.3, 0.4) is 0 Å². The molecule has 114 valence electrons. The van der Waals surface area contributed by atoms with Gasteiger partial charge >= 0.3 is 5.97 Å². The van der Waals surface area contributed by atoms with Crippen molar-refractivity contribution in [2.24, 2.45) is 0 Å². The lowest BCUT2D eigenvalue weighted by Gasteiger charge is -2.02. The summed E-state index contributed by atoms with van der Waals surface area (Å²) in [4.78, 5) is 12.1. The lowest BCUT2D eigenvalue weighted by molar-refractivity contribution is 0.0499. The number of hydrogen-bond acceptors (Lipinski definition) is 6. The molecule has 2 heterocycles. The van der Waals surface area contributed by atoms with Gasteiger partial charge in [-0.3, -0.25) is 0 Å². The molecule has 0 N–H and O–H groups in total. The van der Waals surface area contributed by atoms with Gasteiger partial charge in [0, 0.05) is 6.20 Å². The molecule has 22 heavy (non-hydrogen) atoms. The quantitative estimate of drug-likeness (QED) is 0.534. The topological polar surface area (TPSA) is 69.9 Å². The fraction of sp³-hybridized carbons (Fsp3) is 0.333. The molecule has 7 heteroatoms. The van der Waals surface area contributed by atoms with Crippen LogP contribution in [-0.2, 0) is 4.74 Å². The number of unbranched alkanes of at least 4 members (excludes halogenated alkanes) is 1. The monoisotopic (exact) mass is 316 g/mol. The van der Waals surface area contributed by atoms with Crippen molar-refractivity contribution in [2.75, 3.05) is 6.61 Å². The van der Waals surface area contributed by atoms with E-state index in [1.165, 1.54) is 0 Å². The molecule has 6 nitrogen and oxygen atoms in total. The first-order valence-electron chi connectivity index (χ1n) is 7.15. The average molecular weight is 316 g/mol. The summed E-state index contributed by atoms with van der Waals surface area (Å²) in [6.07, 6.45) is 3.55. The summed E-state index contributed by atoms with van der Waals surface area (Å²) < 4.78 is 15.4. The van der Waals surface area contributed by atoms with Crippen LogP contribution >= 0.6 is 11.7 Å². The van der Waals surface area contributed by atoms with Crippen molar-refractivity contribution < 1.29 is 9.53 Å². The fourth-order valence-electron chi connectivity index (χ4n) is 2.15. The predicted molar refractivity (Wildman–Crippen MR) is 84.5 cm³/mol. The van der Waals surface area contributed by atoms with Crippen LogP contribution in [0, 0.1) is 6.92 Å². The number of esters is 1. The number of fused-ring (bicyclic) bond motifs is 1. The van der Waals surface area contributed by atoms with Gasteiger partial charge in [0.2, 0.25) is 0 Å². The van der Waals surface area contributed by atoms with E-state index in [1.54, 1.807) is 17.8 Å². The van der Waals surface area contributed by atoms with E-state index < -0.39 is 0 Å². The highest BCUT2D eigenvalue weighted by molar-refractivity contribution is 7.00. The van der Waals surface area contributed by atoms with Crippen LogP contribution in [0.4, 0.5) is 0 Å². The Balaban J connectivity index is 1.92. The molecular weight excluding hydrogens is 300 g/mol. The summed E-state index contributed by atoms with van der Waals surface area (Å²) in [6, 6.07) is 5.70. The molecule has 0 aliphatic heterocycles. The Bertz CT molecular complexity index is 809. The Hall–Kier alpha value is -2.28. The Labute approximate surface area is 132 Å². The average Bonchev–Trinajstić information content (AvgIpc) is 3.13. The molecule has 0 amide bonds. The molecule has 0 bridgehead atoms. The standard InChI is InChI=1S/C15H16N4O2S/c1-3-4-8-21-15(20)11-9-19(16-10(11)2)13-7-5-6-12-14(13)18-22-17-12/h5-7,9H,3-4,8H2,1-2H3. The normalized spacial score (nSPS) is 11.0. The minimum absolute atomic E-state index is 0.333. The van der Waals surface area contributed by atoms with E-state index in [2.05, 4.69) is 20.8 Å². The molecule has 3 rings (SSSR count). The Morgan fingerprint density at radius 2 is 2.23 bits per heavy atom. The molecule has 0 saturated carbocycles. The summed E-state index contributed by atoms with van der Waals surface area (Å²) in [7, 11) is 0. The lowest BCUT2D eigenvalue weighted by Crippen LogP contribution is -2.06. The third-order valence-electron chi connectivity index (χ3n) is 3.36. The van der Waals surface area contributed by atoms with Crippen LogP contribution in [0.2, 0.25) is 0 Å². The van der Waals surface area contributed by atoms with Crippen LogP contribution in [0.5, 0.6) is 0 Å². The number of carbonyl (C=O) groups is 1. The number of aryl methyl sites for hydroxylation is 1. The molecule has 0 aliphatic rings. The van der Waals surface area contributed by atoms with E-state index in [0.29, 0.717) is 17.9 Å². The maximum Gasteiger partial charge on any atom is 0.341 e. The van der Waals surface area contributed by atoms with Gasteiger partial charge in [-0.25, -0.2) is 9.48 Å². The number of benzene rings is 1. The van der Waals surface area contributed by atoms with Gasteiger partial charge in [-0.05, 0) is 25.5 Å². The minimum Gasteiger partial charge on any atom is -0.462 e. The van der Waals surface area contributed by atoms with E-state index in [-0.39, 0.29) is 5.97 Å². The van der Waals surface area contributed by atoms with Gasteiger partial charge in [0.15, 0.2) is 0 Å². The van der Waals surface area contributed by atoms with Crippen LogP contribution in [0.1, 0.15) is 35.8 Å². The summed E-state index contributed by atoms with van der Waals surface area (Å²) in [5, 5.41) is 4.41. The van der Waals surface area contributed by atoms with Gasteiger partial charge in [-0.2, -0.15) is 13.8 Å². The second kappa shape index (κ2) is 6.23. The molecule has 0 atom stereocenters. The van der Waals surface area contributed by atoms with Crippen molar-refractivity contribution in [3.8, 4) is 5.69 Å². The Kier molecular flexibility index (Phi) is 4.15. The van der Waals surface area contributed by atoms with Crippen LogP contribution < -0.4 is 0 Å². The summed E-state index contributed by atoms with van der Waals surface area (Å²) in [6.45, 7) is 4.29. The van der Waals surface area contributed by atoms with Gasteiger partial charge in [-0.1, -0.05) is 19.4 Å². The molecule has 0 radical (unpaired) electrons. The smallest absolute Gasteiger partial charge is 0.341 e. The molecule has 0 fully saturated rings. The lowest BCUT2D eigenvalue weighted by atomic mass is 10.2. The zero-order valence-corrected chi connectivity index (χ0v) is 13.3. The van der Waals surface area contributed by atoms with E-state index in [0.717, 1.165) is 41.3 Å². The second-order valence-electron chi connectivity index (χ2n) is 4.97. The highest BCUT2D eigenvalue weighted by Gasteiger charge is 2.17. The van der Waals surface area contributed by atoms with Crippen LogP contribution in [-0.4, -0.2) is 31.1 Å². The Morgan fingerprint density at radius 1 is 1.36 bits per heavy atom. The first kappa shape index (κ1) is 14.6. The van der Waals surface area contributed by atoms with Crippen molar-refractivity contribution in [1.29, 1.82) is 0 Å². The van der Waals surface area contributed by atoms with E-state index in [4.69, 9.17) is 4.74 Å². The molecule has 0 saturated heterocycles. The summed E-state index contributed by atoms with van der Waals surface area (Å²) in [5.41, 5.74) is 3.53. The molecule has 3 aromatic rings. The number of ether oxygens (including phenoxy) is 1. The second-order valence-corrected chi connectivity index (χ2v) is 5.50. The number of rotatable bonds is 5. The van der Waals surface area contributed by atoms with Crippen molar-refractivity contribution in [2.45, 2.75) is 26.7 Å². The maximum atomic E-state index is 12.1. The van der Waals surface area contributed by atoms with Crippen molar-refractivity contribution in [3.05, 3.63) is 35.7 Å². The third kappa shape index (κ3) is 2.71. The number of aromatic nitrogens is 4. The Morgan fingerprint density at radius 3 is 3.05 bits per heavy atom. The van der Waals surface area contributed by atoms with Crippen molar-refractivity contribution in [1.82, 2.24) is 18.5 Å². The van der Waals surface area contributed by atoms with Crippen LogP contribution in [0.15, 0.2) is 24.4 Å². The number of carbonyl (C=O) groups excluding carboxylic acids is 1. The zero-order chi connectivity index (χ0) is 15.5. The number of hydrogen-bond donors (Lipinski definition) is 0. The van der Waals surface area contributed by atoms with E-state index >= 15 is 0 Å². The first-order valence-corrected chi connectivity index (χ1v) is 7.88. The zero-order valence-electron chi connectivity index (χ0n) is 12.4. The SMILES string of the molecule is CCCCOC(=O)c1cn(-c2cccc3nsnc23)nc1C. The maximum absolute atomic E-state index is 12.1. The molecule has 0 aliphatic carbocycles. The van der Waals surface area contributed by atoms with E-state index in [1.807, 2.05) is 18.2 Å². The van der Waals surface area contributed by atoms with Gasteiger partial charge in [0.05, 0.1) is 29.7 Å². The van der Waals surface area contributed by atoms with Crippen molar-refractivity contribution in [3.63, 3.8) is 0 Å². The molecule has 0 spiro atoms. The highest BCUT2D eigenvalue weighted by Crippen LogP contribution is 2.21. The van der Waals surface area contributed by atoms with E-state index in [9.17, 15) is 4.79 Å². The molecule has 1 aromatic carbocycles. The van der Waals surface area contributed by atoms with Crippen molar-refractivity contribution >= 4 is 28.7 Å². The fourth-order valence-corrected chi connectivity index (χ4v) is 2.69. The van der Waals surface area contributed by atoms with Gasteiger partial charge in [0.25, 0.3) is 0 Å². The van der Waals surface area contributed by atoms with Crippen LogP contribution in [0.25, 0.3) is 16.7 Å². The summed E-state index contributed by atoms with van der Waals surface area (Å²) in [5.74, 6) is -0.333.